The summed E-state index contributed by atoms with van der Waals surface area (Å²) < 4.78 is 40.4. The molecule has 3 heterocycles. The van der Waals surface area contributed by atoms with Crippen molar-refractivity contribution in [2.24, 2.45) is 0 Å². The normalized spacial score (nSPS) is 15.0. The maximum atomic E-state index is 13.1. The van der Waals surface area contributed by atoms with Crippen LogP contribution in [0.2, 0.25) is 5.15 Å². The summed E-state index contributed by atoms with van der Waals surface area (Å²) in [5.74, 6) is -0.742. The van der Waals surface area contributed by atoms with Gasteiger partial charge in [-0.05, 0) is 25.0 Å². The largest absolute Gasteiger partial charge is 0.411 e. The molecule has 0 bridgehead atoms. The number of rotatable bonds is 4. The Morgan fingerprint density at radius 3 is 2.76 bits per heavy atom. The quantitative estimate of drug-likeness (QED) is 0.669. The third-order valence-corrected chi connectivity index (χ3v) is 4.63. The topological polar surface area (TPSA) is 108 Å². The lowest BCUT2D eigenvalue weighted by Gasteiger charge is -2.20. The molecule has 2 N–H and O–H groups in total. The summed E-state index contributed by atoms with van der Waals surface area (Å²) in [4.78, 5) is 20.4. The van der Waals surface area contributed by atoms with Gasteiger partial charge in [-0.1, -0.05) is 17.7 Å². The van der Waals surface area contributed by atoms with Gasteiger partial charge < -0.3 is 10.6 Å². The minimum atomic E-state index is -4.52. The number of alkyl halides is 3. The average Bonchev–Trinajstić information content (AvgIpc) is 3.34. The lowest BCUT2D eigenvalue weighted by atomic mass is 10.2. The van der Waals surface area contributed by atoms with E-state index < -0.39 is 17.6 Å². The van der Waals surface area contributed by atoms with Crippen LogP contribution in [0.4, 0.5) is 24.7 Å². The fourth-order valence-electron chi connectivity index (χ4n) is 2.76. The molecule has 0 spiro atoms. The summed E-state index contributed by atoms with van der Waals surface area (Å²) in [6.07, 6.45) is -3.52. The fourth-order valence-corrected chi connectivity index (χ4v) is 2.95. The first-order valence-corrected chi connectivity index (χ1v) is 8.68. The predicted octanol–water partition coefficient (Wildman–Crippen LogP) is 3.22. The second kappa shape index (κ2) is 6.59. The van der Waals surface area contributed by atoms with Crippen LogP contribution in [-0.4, -0.2) is 37.2 Å². The van der Waals surface area contributed by atoms with Crippen molar-refractivity contribution in [3.63, 3.8) is 0 Å². The molecule has 8 nitrogen and oxygen atoms in total. The molecule has 1 saturated carbocycles. The van der Waals surface area contributed by atoms with Gasteiger partial charge in [0.1, 0.15) is 23.1 Å². The number of nitrogens with zero attached hydrogens (tertiary/aromatic N) is 5. The van der Waals surface area contributed by atoms with E-state index in [1.54, 1.807) is 0 Å². The minimum absolute atomic E-state index is 0.0734. The van der Waals surface area contributed by atoms with Gasteiger partial charge in [0, 0.05) is 6.07 Å². The number of halogens is 4. The van der Waals surface area contributed by atoms with Crippen molar-refractivity contribution < 1.29 is 18.0 Å². The highest BCUT2D eigenvalue weighted by molar-refractivity contribution is 6.29. The highest BCUT2D eigenvalue weighted by Crippen LogP contribution is 2.49. The van der Waals surface area contributed by atoms with Crippen molar-refractivity contribution in [3.8, 4) is 6.07 Å². The molecule has 1 fully saturated rings. The molecular formula is C17H11ClF3N7O. The number of anilines is 2. The molecule has 0 radical (unpaired) electrons. The Labute approximate surface area is 166 Å². The second-order valence-corrected chi connectivity index (χ2v) is 6.83. The van der Waals surface area contributed by atoms with Crippen molar-refractivity contribution in [1.82, 2.24) is 24.9 Å². The first-order valence-electron chi connectivity index (χ1n) is 8.30. The predicted molar refractivity (Wildman–Crippen MR) is 95.7 cm³/mol. The summed E-state index contributed by atoms with van der Waals surface area (Å²) in [6, 6.07) is 7.68. The summed E-state index contributed by atoms with van der Waals surface area (Å²) in [5.41, 5.74) is -1.55. The molecule has 1 aliphatic carbocycles. The molecule has 1 amide bonds. The van der Waals surface area contributed by atoms with E-state index >= 15 is 0 Å². The zero-order valence-electron chi connectivity index (χ0n) is 14.5. The minimum Gasteiger partial charge on any atom is -0.337 e. The number of hydrogen-bond donors (Lipinski definition) is 2. The Morgan fingerprint density at radius 1 is 1.34 bits per heavy atom. The lowest BCUT2D eigenvalue weighted by Crippen LogP contribution is -2.48. The Kier molecular flexibility index (Phi) is 4.31. The van der Waals surface area contributed by atoms with Gasteiger partial charge in [-0.2, -0.15) is 28.0 Å². The number of carbonyl (C=O) groups excluding carboxylic acids is 1. The van der Waals surface area contributed by atoms with Gasteiger partial charge in [0.15, 0.2) is 16.5 Å². The number of nitrogens with one attached hydrogen (secondary N) is 2. The van der Waals surface area contributed by atoms with Crippen molar-refractivity contribution >= 4 is 34.7 Å². The Balaban J connectivity index is 1.61. The van der Waals surface area contributed by atoms with Gasteiger partial charge in [-0.3, -0.25) is 4.79 Å². The van der Waals surface area contributed by atoms with Crippen molar-refractivity contribution in [3.05, 3.63) is 47.0 Å². The van der Waals surface area contributed by atoms with E-state index in [-0.39, 0.29) is 40.8 Å². The number of carbonyl (C=O) groups is 1. The molecule has 148 valence electrons. The van der Waals surface area contributed by atoms with E-state index in [9.17, 15) is 18.0 Å². The van der Waals surface area contributed by atoms with Crippen LogP contribution in [-0.2, 0) is 0 Å². The maximum absolute atomic E-state index is 13.1. The maximum Gasteiger partial charge on any atom is 0.411 e. The SMILES string of the molecule is N#Cc1cnc2c(Nc3cccc(C(=O)NC4(C(F)(F)F)CC4)n3)cc(Cl)nn12. The van der Waals surface area contributed by atoms with Crippen LogP contribution in [0.3, 0.4) is 0 Å². The Morgan fingerprint density at radius 2 is 2.10 bits per heavy atom. The zero-order chi connectivity index (χ0) is 20.8. The summed E-state index contributed by atoms with van der Waals surface area (Å²) >= 11 is 5.98. The van der Waals surface area contributed by atoms with Crippen LogP contribution in [0.5, 0.6) is 0 Å². The van der Waals surface area contributed by atoms with E-state index in [0.717, 1.165) is 0 Å². The summed E-state index contributed by atoms with van der Waals surface area (Å²) in [7, 11) is 0. The molecule has 1 aliphatic rings. The average molecular weight is 422 g/mol. The molecule has 0 saturated heterocycles. The molecule has 4 rings (SSSR count). The van der Waals surface area contributed by atoms with Gasteiger partial charge >= 0.3 is 6.18 Å². The Hall–Kier alpha value is -3.39. The van der Waals surface area contributed by atoms with Crippen LogP contribution < -0.4 is 10.6 Å². The highest BCUT2D eigenvalue weighted by Gasteiger charge is 2.64. The molecule has 0 aliphatic heterocycles. The third kappa shape index (κ3) is 3.42. The molecule has 3 aromatic rings. The number of hydrogen-bond acceptors (Lipinski definition) is 6. The number of pyridine rings is 1. The number of imidazole rings is 1. The Bertz CT molecular complexity index is 1160. The molecule has 29 heavy (non-hydrogen) atoms. The monoisotopic (exact) mass is 421 g/mol. The van der Waals surface area contributed by atoms with Gasteiger partial charge in [0.05, 0.1) is 11.9 Å². The van der Waals surface area contributed by atoms with E-state index in [1.165, 1.54) is 35.0 Å². The first kappa shape index (κ1) is 18.9. The molecule has 0 unspecified atom stereocenters. The summed E-state index contributed by atoms with van der Waals surface area (Å²) in [6.45, 7) is 0. The number of fused-ring (bicyclic) bond motifs is 1. The van der Waals surface area contributed by atoms with Crippen molar-refractivity contribution in [1.29, 1.82) is 5.26 Å². The van der Waals surface area contributed by atoms with E-state index in [0.29, 0.717) is 5.69 Å². The van der Waals surface area contributed by atoms with Crippen molar-refractivity contribution in [2.45, 2.75) is 24.6 Å². The third-order valence-electron chi connectivity index (χ3n) is 4.44. The van der Waals surface area contributed by atoms with Crippen LogP contribution in [0, 0.1) is 11.3 Å². The number of aromatic nitrogens is 4. The van der Waals surface area contributed by atoms with Crippen molar-refractivity contribution in [2.75, 3.05) is 5.32 Å². The van der Waals surface area contributed by atoms with Gasteiger partial charge in [0.25, 0.3) is 5.91 Å². The molecule has 3 aromatic heterocycles. The molecular weight excluding hydrogens is 411 g/mol. The highest BCUT2D eigenvalue weighted by atomic mass is 35.5. The van der Waals surface area contributed by atoms with Gasteiger partial charge in [0.2, 0.25) is 0 Å². The zero-order valence-corrected chi connectivity index (χ0v) is 15.2. The smallest absolute Gasteiger partial charge is 0.337 e. The van der Waals surface area contributed by atoms with E-state index in [2.05, 4.69) is 20.4 Å². The van der Waals surface area contributed by atoms with Crippen LogP contribution in [0.15, 0.2) is 30.5 Å². The van der Waals surface area contributed by atoms with Crippen LogP contribution >= 0.6 is 11.6 Å². The number of nitriles is 1. The van der Waals surface area contributed by atoms with Crippen LogP contribution in [0.25, 0.3) is 5.65 Å². The second-order valence-electron chi connectivity index (χ2n) is 6.44. The lowest BCUT2D eigenvalue weighted by molar-refractivity contribution is -0.163. The molecule has 12 heteroatoms. The van der Waals surface area contributed by atoms with E-state index in [1.807, 2.05) is 11.4 Å². The molecule has 0 atom stereocenters. The van der Waals surface area contributed by atoms with Crippen LogP contribution in [0.1, 0.15) is 29.0 Å². The van der Waals surface area contributed by atoms with Gasteiger partial charge in [-0.25, -0.2) is 9.97 Å². The fraction of sp³-hybridized carbons (Fsp3) is 0.235. The standard InChI is InChI=1S/C17H11ClF3N7O/c18-12-6-11(14-23-8-9(7-22)28(14)27-12)25-13-3-1-2-10(24-13)15(29)26-16(4-5-16)17(19,20)21/h1-3,6,8H,4-5H2,(H,24,25)(H,26,29). The van der Waals surface area contributed by atoms with E-state index in [4.69, 9.17) is 16.9 Å². The number of amides is 1. The first-order chi connectivity index (χ1) is 13.7. The molecule has 0 aromatic carbocycles. The van der Waals surface area contributed by atoms with Gasteiger partial charge in [-0.15, -0.1) is 0 Å². The summed E-state index contributed by atoms with van der Waals surface area (Å²) in [5, 5.41) is 18.1.